The Labute approximate surface area is 175 Å². The van der Waals surface area contributed by atoms with Gasteiger partial charge in [0.15, 0.2) is 0 Å². The number of hydrogen-bond donors (Lipinski definition) is 1. The summed E-state index contributed by atoms with van der Waals surface area (Å²) >= 11 is 6.49. The summed E-state index contributed by atoms with van der Waals surface area (Å²) in [6.45, 7) is 5.48. The van der Waals surface area contributed by atoms with Crippen LogP contribution in [0.25, 0.3) is 16.9 Å². The van der Waals surface area contributed by atoms with Crippen molar-refractivity contribution in [2.24, 2.45) is 23.2 Å². The van der Waals surface area contributed by atoms with Crippen LogP contribution >= 0.6 is 11.6 Å². The molecule has 2 bridgehead atoms. The van der Waals surface area contributed by atoms with E-state index in [4.69, 9.17) is 11.6 Å². The topological polar surface area (TPSA) is 59.8 Å². The Morgan fingerprint density at radius 3 is 2.76 bits per heavy atom. The molecule has 5 nitrogen and oxygen atoms in total. The Bertz CT molecular complexity index is 1070. The lowest BCUT2D eigenvalue weighted by molar-refractivity contribution is -0.103. The molecule has 3 aliphatic carbocycles. The maximum absolute atomic E-state index is 13.2. The van der Waals surface area contributed by atoms with Crippen molar-refractivity contribution in [1.29, 1.82) is 0 Å². The fourth-order valence-electron chi connectivity index (χ4n) is 5.52. The Morgan fingerprint density at radius 2 is 2.03 bits per heavy atom. The van der Waals surface area contributed by atoms with Crippen LogP contribution in [0.15, 0.2) is 42.9 Å². The molecule has 3 aliphatic rings. The molecule has 0 spiro atoms. The number of nitrogens with one attached hydrogen (secondary N) is 1. The highest BCUT2D eigenvalue weighted by Crippen LogP contribution is 2.61. The van der Waals surface area contributed by atoms with Gasteiger partial charge in [-0.1, -0.05) is 31.5 Å². The van der Waals surface area contributed by atoms with Crippen molar-refractivity contribution in [1.82, 2.24) is 19.9 Å². The maximum atomic E-state index is 13.2. The molecule has 0 saturated heterocycles. The minimum absolute atomic E-state index is 0.0861. The largest absolute Gasteiger partial charge is 0.352 e. The molecule has 150 valence electrons. The van der Waals surface area contributed by atoms with Gasteiger partial charge in [-0.2, -0.15) is 0 Å². The van der Waals surface area contributed by atoms with Crippen LogP contribution in [0, 0.1) is 23.2 Å². The van der Waals surface area contributed by atoms with Crippen molar-refractivity contribution in [3.05, 3.63) is 53.4 Å². The van der Waals surface area contributed by atoms with Crippen LogP contribution in [0.3, 0.4) is 0 Å². The van der Waals surface area contributed by atoms with Crippen molar-refractivity contribution >= 4 is 28.4 Å². The van der Waals surface area contributed by atoms with Crippen molar-refractivity contribution < 1.29 is 4.79 Å². The number of aromatic nitrogens is 3. The quantitative estimate of drug-likeness (QED) is 0.669. The van der Waals surface area contributed by atoms with E-state index in [9.17, 15) is 4.79 Å². The molecular weight excluding hydrogens is 384 g/mol. The first-order chi connectivity index (χ1) is 14.0. The summed E-state index contributed by atoms with van der Waals surface area (Å²) in [6, 6.07) is 7.40. The van der Waals surface area contributed by atoms with Crippen LogP contribution in [-0.4, -0.2) is 27.0 Å². The van der Waals surface area contributed by atoms with Crippen LogP contribution in [0.2, 0.25) is 5.02 Å². The van der Waals surface area contributed by atoms with Crippen LogP contribution < -0.4 is 5.32 Å². The standard InChI is InChI=1S/C23H25ClN4O/c1-23(2)15-8-7-14(17(23)11-15)12-27-21(29)16-13-28(22-25-9-4-10-26-22)19-6-3-5-18(24)20(16)19/h3-6,9-10,13-15,17H,7-8,11-12H2,1-2H3,(H,27,29)/t14?,15?,17-/m1/s1. The Balaban J connectivity index is 1.43. The number of amides is 1. The monoisotopic (exact) mass is 408 g/mol. The van der Waals surface area contributed by atoms with E-state index in [1.807, 2.05) is 22.8 Å². The van der Waals surface area contributed by atoms with Crippen molar-refractivity contribution in [2.45, 2.75) is 33.1 Å². The number of hydrogen-bond acceptors (Lipinski definition) is 3. The van der Waals surface area contributed by atoms with Gasteiger partial charge in [-0.15, -0.1) is 0 Å². The van der Waals surface area contributed by atoms with E-state index in [1.54, 1.807) is 24.7 Å². The molecule has 2 heterocycles. The van der Waals surface area contributed by atoms with Crippen molar-refractivity contribution in [2.75, 3.05) is 6.54 Å². The highest BCUT2D eigenvalue weighted by molar-refractivity contribution is 6.37. The van der Waals surface area contributed by atoms with E-state index in [1.165, 1.54) is 19.3 Å². The number of nitrogens with zero attached hydrogens (tertiary/aromatic N) is 3. The highest BCUT2D eigenvalue weighted by atomic mass is 35.5. The number of halogens is 1. The normalized spacial score (nSPS) is 24.9. The first-order valence-electron chi connectivity index (χ1n) is 10.3. The predicted molar refractivity (Wildman–Crippen MR) is 114 cm³/mol. The van der Waals surface area contributed by atoms with Crippen molar-refractivity contribution in [3.63, 3.8) is 0 Å². The molecule has 2 unspecified atom stereocenters. The number of fused-ring (bicyclic) bond motifs is 3. The lowest BCUT2D eigenvalue weighted by atomic mass is 9.45. The van der Waals surface area contributed by atoms with Gasteiger partial charge in [0.05, 0.1) is 16.1 Å². The first kappa shape index (κ1) is 18.6. The second-order valence-corrected chi connectivity index (χ2v) is 9.41. The molecule has 6 rings (SSSR count). The maximum Gasteiger partial charge on any atom is 0.253 e. The molecule has 0 aliphatic heterocycles. The van der Waals surface area contributed by atoms with Gasteiger partial charge in [0, 0.05) is 30.5 Å². The molecule has 3 atom stereocenters. The molecule has 2 aromatic heterocycles. The second kappa shape index (κ2) is 6.84. The Hall–Kier alpha value is -2.40. The van der Waals surface area contributed by atoms with E-state index in [0.717, 1.165) is 23.4 Å². The summed E-state index contributed by atoms with van der Waals surface area (Å²) < 4.78 is 1.83. The lowest BCUT2D eigenvalue weighted by Gasteiger charge is -2.60. The van der Waals surface area contributed by atoms with Gasteiger partial charge in [-0.25, -0.2) is 9.97 Å². The summed E-state index contributed by atoms with van der Waals surface area (Å²) in [5.74, 6) is 2.57. The van der Waals surface area contributed by atoms with Gasteiger partial charge in [-0.3, -0.25) is 9.36 Å². The van der Waals surface area contributed by atoms with Crippen LogP contribution in [0.4, 0.5) is 0 Å². The third-order valence-corrected chi connectivity index (χ3v) is 7.63. The third-order valence-electron chi connectivity index (χ3n) is 7.32. The molecule has 1 N–H and O–H groups in total. The molecule has 0 radical (unpaired) electrons. The van der Waals surface area contributed by atoms with E-state index in [2.05, 4.69) is 29.1 Å². The molecule has 3 fully saturated rings. The molecule has 1 amide bonds. The van der Waals surface area contributed by atoms with Gasteiger partial charge in [-0.05, 0) is 60.6 Å². The summed E-state index contributed by atoms with van der Waals surface area (Å²) in [7, 11) is 0. The predicted octanol–water partition coefficient (Wildman–Crippen LogP) is 4.88. The summed E-state index contributed by atoms with van der Waals surface area (Å²) in [6.07, 6.45) is 8.97. The lowest BCUT2D eigenvalue weighted by Crippen LogP contribution is -2.54. The fourth-order valence-corrected chi connectivity index (χ4v) is 5.79. The minimum Gasteiger partial charge on any atom is -0.352 e. The average molecular weight is 409 g/mol. The zero-order chi connectivity index (χ0) is 20.2. The van der Waals surface area contributed by atoms with E-state index >= 15 is 0 Å². The molecule has 1 aromatic carbocycles. The Kier molecular flexibility index (Phi) is 4.39. The summed E-state index contributed by atoms with van der Waals surface area (Å²) in [5, 5.41) is 4.49. The third kappa shape index (κ3) is 2.94. The van der Waals surface area contributed by atoms with Crippen molar-refractivity contribution in [3.8, 4) is 5.95 Å². The van der Waals surface area contributed by atoms with Gasteiger partial charge in [0.1, 0.15) is 0 Å². The minimum atomic E-state index is -0.0861. The molecule has 3 saturated carbocycles. The van der Waals surface area contributed by atoms with Gasteiger partial charge in [0.2, 0.25) is 5.95 Å². The van der Waals surface area contributed by atoms with Crippen LogP contribution in [0.5, 0.6) is 0 Å². The zero-order valence-corrected chi connectivity index (χ0v) is 17.5. The summed E-state index contributed by atoms with van der Waals surface area (Å²) in [4.78, 5) is 21.8. The van der Waals surface area contributed by atoms with Gasteiger partial charge < -0.3 is 5.32 Å². The number of carbonyl (C=O) groups excluding carboxylic acids is 1. The molecular formula is C23H25ClN4O. The smallest absolute Gasteiger partial charge is 0.253 e. The van der Waals surface area contributed by atoms with E-state index < -0.39 is 0 Å². The van der Waals surface area contributed by atoms with Crippen LogP contribution in [-0.2, 0) is 0 Å². The van der Waals surface area contributed by atoms with E-state index in [-0.39, 0.29) is 5.91 Å². The fraction of sp³-hybridized carbons (Fsp3) is 0.435. The van der Waals surface area contributed by atoms with Gasteiger partial charge in [0.25, 0.3) is 5.91 Å². The zero-order valence-electron chi connectivity index (χ0n) is 16.7. The number of benzene rings is 1. The average Bonchev–Trinajstić information content (AvgIpc) is 3.14. The molecule has 3 aromatic rings. The second-order valence-electron chi connectivity index (χ2n) is 9.00. The number of carbonyl (C=O) groups is 1. The first-order valence-corrected chi connectivity index (χ1v) is 10.7. The summed E-state index contributed by atoms with van der Waals surface area (Å²) in [5.41, 5.74) is 1.81. The SMILES string of the molecule is CC1(C)C2CCC(CNC(=O)c3cn(-c4ncccn4)c4cccc(Cl)c34)[C@H]1C2. The van der Waals surface area contributed by atoms with Crippen LogP contribution in [0.1, 0.15) is 43.5 Å². The highest BCUT2D eigenvalue weighted by Gasteiger charge is 2.53. The van der Waals surface area contributed by atoms with E-state index in [0.29, 0.717) is 33.8 Å². The molecule has 29 heavy (non-hydrogen) atoms. The molecule has 6 heteroatoms. The number of rotatable bonds is 4. The Morgan fingerprint density at radius 1 is 1.24 bits per heavy atom. The van der Waals surface area contributed by atoms with Gasteiger partial charge >= 0.3 is 0 Å².